The molecule has 1 amide bonds. The highest BCUT2D eigenvalue weighted by molar-refractivity contribution is 5.87. The summed E-state index contributed by atoms with van der Waals surface area (Å²) < 4.78 is 13.8. The van der Waals surface area contributed by atoms with Crippen molar-refractivity contribution in [2.45, 2.75) is 25.3 Å². The zero-order valence-corrected chi connectivity index (χ0v) is 16.5. The molecule has 1 aromatic carbocycles. The molecule has 2 aliphatic rings. The van der Waals surface area contributed by atoms with E-state index in [0.29, 0.717) is 44.6 Å². The highest BCUT2D eigenvalue weighted by Gasteiger charge is 2.34. The predicted molar refractivity (Wildman–Crippen MR) is 112 cm³/mol. The van der Waals surface area contributed by atoms with Gasteiger partial charge < -0.3 is 9.80 Å². The second-order valence-corrected chi connectivity index (χ2v) is 7.41. The summed E-state index contributed by atoms with van der Waals surface area (Å²) in [6.07, 6.45) is 5.94. The van der Waals surface area contributed by atoms with Crippen LogP contribution in [0.1, 0.15) is 24.1 Å². The number of pyridine rings is 1. The largest absolute Gasteiger partial charge is 0.368 e. The van der Waals surface area contributed by atoms with Gasteiger partial charge in [0.15, 0.2) is 0 Å². The molecule has 0 aliphatic carbocycles. The summed E-state index contributed by atoms with van der Waals surface area (Å²) in [5.41, 5.74) is 1.71. The first-order chi connectivity index (χ1) is 14.1. The van der Waals surface area contributed by atoms with Gasteiger partial charge in [-0.3, -0.25) is 14.8 Å². The Morgan fingerprint density at radius 2 is 1.97 bits per heavy atom. The Morgan fingerprint density at radius 1 is 1.14 bits per heavy atom. The summed E-state index contributed by atoms with van der Waals surface area (Å²) in [6.45, 7) is 4.44. The number of benzene rings is 1. The van der Waals surface area contributed by atoms with Gasteiger partial charge in [0.25, 0.3) is 0 Å². The number of piperazine rings is 1. The second kappa shape index (κ2) is 8.11. The lowest BCUT2D eigenvalue weighted by molar-refractivity contribution is -0.131. The number of hydrogen-bond donors (Lipinski definition) is 0. The maximum atomic E-state index is 13.8. The quantitative estimate of drug-likeness (QED) is 0.785. The van der Waals surface area contributed by atoms with E-state index in [4.69, 9.17) is 0 Å². The van der Waals surface area contributed by atoms with Crippen LogP contribution in [-0.2, 0) is 10.3 Å². The Balaban J connectivity index is 1.36. The number of amides is 1. The molecule has 6 nitrogen and oxygen atoms in total. The minimum atomic E-state index is -0.655. The van der Waals surface area contributed by atoms with Crippen molar-refractivity contribution in [3.05, 3.63) is 59.7 Å². The van der Waals surface area contributed by atoms with E-state index in [0.717, 1.165) is 11.4 Å². The van der Waals surface area contributed by atoms with Crippen molar-refractivity contribution in [1.29, 1.82) is 0 Å². The summed E-state index contributed by atoms with van der Waals surface area (Å²) in [6, 6.07) is 10.8. The number of carbonyl (C=O) groups excluding carboxylic acids is 1. The van der Waals surface area contributed by atoms with E-state index >= 15 is 0 Å². The van der Waals surface area contributed by atoms with Crippen LogP contribution in [0.2, 0.25) is 0 Å². The number of hydrogen-bond acceptors (Lipinski definition) is 5. The van der Waals surface area contributed by atoms with E-state index in [1.54, 1.807) is 25.4 Å². The van der Waals surface area contributed by atoms with Crippen LogP contribution in [0.5, 0.6) is 0 Å². The molecule has 0 N–H and O–H groups in total. The molecule has 3 heterocycles. The molecule has 0 spiro atoms. The van der Waals surface area contributed by atoms with Gasteiger partial charge in [0.2, 0.25) is 5.91 Å². The van der Waals surface area contributed by atoms with Crippen molar-refractivity contribution < 1.29 is 9.18 Å². The monoisotopic (exact) mass is 393 g/mol. The summed E-state index contributed by atoms with van der Waals surface area (Å²) in [5, 5.41) is 0. The lowest BCUT2D eigenvalue weighted by Crippen LogP contribution is -2.49. The number of nitrogens with zero attached hydrogens (tertiary/aromatic N) is 5. The fourth-order valence-corrected chi connectivity index (χ4v) is 3.93. The molecule has 150 valence electrons. The average Bonchev–Trinajstić information content (AvgIpc) is 3.25. The fraction of sp³-hybridized carbons (Fsp3) is 0.364. The molecule has 2 aliphatic heterocycles. The maximum absolute atomic E-state index is 13.8. The fourth-order valence-electron chi connectivity index (χ4n) is 3.93. The third-order valence-corrected chi connectivity index (χ3v) is 5.68. The van der Waals surface area contributed by atoms with Gasteiger partial charge in [-0.05, 0) is 37.6 Å². The molecule has 1 unspecified atom stereocenters. The Bertz CT molecular complexity index is 923. The third kappa shape index (κ3) is 3.90. The highest BCUT2D eigenvalue weighted by Crippen LogP contribution is 2.30. The van der Waals surface area contributed by atoms with Crippen molar-refractivity contribution in [2.75, 3.05) is 31.1 Å². The van der Waals surface area contributed by atoms with Crippen molar-refractivity contribution in [2.24, 2.45) is 9.98 Å². The van der Waals surface area contributed by atoms with Gasteiger partial charge in [0, 0.05) is 56.3 Å². The SMILES string of the molecule is Cc1c(F)cccc1N1CCN(C(=O)CCC2(c3ccccn3)C=NC=N2)CC1. The summed E-state index contributed by atoms with van der Waals surface area (Å²) >= 11 is 0. The number of aromatic nitrogens is 1. The van der Waals surface area contributed by atoms with Gasteiger partial charge in [-0.15, -0.1) is 0 Å². The van der Waals surface area contributed by atoms with Crippen molar-refractivity contribution >= 4 is 24.1 Å². The zero-order chi connectivity index (χ0) is 20.3. The number of aliphatic imine (C=N–C) groups is 2. The van der Waals surface area contributed by atoms with Crippen LogP contribution < -0.4 is 4.90 Å². The van der Waals surface area contributed by atoms with E-state index in [1.165, 1.54) is 12.4 Å². The van der Waals surface area contributed by atoms with Crippen molar-refractivity contribution in [3.63, 3.8) is 0 Å². The maximum Gasteiger partial charge on any atom is 0.222 e. The minimum absolute atomic E-state index is 0.103. The number of anilines is 1. The molecule has 29 heavy (non-hydrogen) atoms. The Hall–Kier alpha value is -3.09. The second-order valence-electron chi connectivity index (χ2n) is 7.41. The molecule has 1 fully saturated rings. The van der Waals surface area contributed by atoms with E-state index in [1.807, 2.05) is 29.2 Å². The Morgan fingerprint density at radius 3 is 2.66 bits per heavy atom. The van der Waals surface area contributed by atoms with Gasteiger partial charge in [0.1, 0.15) is 17.7 Å². The van der Waals surface area contributed by atoms with E-state index in [2.05, 4.69) is 19.9 Å². The lowest BCUT2D eigenvalue weighted by Gasteiger charge is -2.37. The van der Waals surface area contributed by atoms with E-state index in [9.17, 15) is 9.18 Å². The number of halogens is 1. The van der Waals surface area contributed by atoms with Crippen LogP contribution in [0.4, 0.5) is 10.1 Å². The van der Waals surface area contributed by atoms with Crippen LogP contribution in [0.25, 0.3) is 0 Å². The van der Waals surface area contributed by atoms with Crippen LogP contribution in [0.15, 0.2) is 52.6 Å². The molecule has 0 radical (unpaired) electrons. The summed E-state index contributed by atoms with van der Waals surface area (Å²) in [4.78, 5) is 29.9. The van der Waals surface area contributed by atoms with Crippen LogP contribution in [0, 0.1) is 12.7 Å². The smallest absolute Gasteiger partial charge is 0.222 e. The number of rotatable bonds is 5. The van der Waals surface area contributed by atoms with Gasteiger partial charge >= 0.3 is 0 Å². The van der Waals surface area contributed by atoms with E-state index < -0.39 is 5.54 Å². The summed E-state index contributed by atoms with van der Waals surface area (Å²) in [5.74, 6) is -0.0916. The lowest BCUT2D eigenvalue weighted by atomic mass is 9.91. The molecule has 7 heteroatoms. The average molecular weight is 393 g/mol. The van der Waals surface area contributed by atoms with Crippen molar-refractivity contribution in [3.8, 4) is 0 Å². The predicted octanol–water partition coefficient (Wildman–Crippen LogP) is 2.97. The molecule has 4 rings (SSSR count). The van der Waals surface area contributed by atoms with Crippen molar-refractivity contribution in [1.82, 2.24) is 9.88 Å². The molecule has 1 atom stereocenters. The topological polar surface area (TPSA) is 61.2 Å². The first-order valence-electron chi connectivity index (χ1n) is 9.86. The molecular weight excluding hydrogens is 369 g/mol. The molecular formula is C22H24FN5O. The standard InChI is InChI=1S/C22H24FN5O/c1-17-18(23)5-4-6-19(17)27-11-13-28(14-12-27)21(29)8-9-22(15-24-16-26-22)20-7-2-3-10-25-20/h2-7,10,15-16H,8-9,11-14H2,1H3. The van der Waals surface area contributed by atoms with Gasteiger partial charge in [0.05, 0.1) is 5.69 Å². The highest BCUT2D eigenvalue weighted by atomic mass is 19.1. The number of carbonyl (C=O) groups is 1. The normalized spacial score (nSPS) is 21.0. The zero-order valence-electron chi connectivity index (χ0n) is 16.5. The molecule has 1 saturated heterocycles. The Kier molecular flexibility index (Phi) is 5.38. The molecule has 1 aromatic heterocycles. The minimum Gasteiger partial charge on any atom is -0.368 e. The van der Waals surface area contributed by atoms with Crippen LogP contribution in [-0.4, -0.2) is 54.5 Å². The molecule has 0 bridgehead atoms. The molecule has 0 saturated carbocycles. The summed E-state index contributed by atoms with van der Waals surface area (Å²) in [7, 11) is 0. The first kappa shape index (κ1) is 19.2. The van der Waals surface area contributed by atoms with Gasteiger partial charge in [-0.25, -0.2) is 9.38 Å². The van der Waals surface area contributed by atoms with Gasteiger partial charge in [-0.1, -0.05) is 12.1 Å². The van der Waals surface area contributed by atoms with Gasteiger partial charge in [-0.2, -0.15) is 0 Å². The molecule has 2 aromatic rings. The first-order valence-corrected chi connectivity index (χ1v) is 9.86. The van der Waals surface area contributed by atoms with Crippen LogP contribution >= 0.6 is 0 Å². The third-order valence-electron chi connectivity index (χ3n) is 5.68. The Labute approximate surface area is 169 Å². The van der Waals surface area contributed by atoms with E-state index in [-0.39, 0.29) is 11.7 Å². The van der Waals surface area contributed by atoms with Crippen LogP contribution in [0.3, 0.4) is 0 Å².